The first-order valence-electron chi connectivity index (χ1n) is 19.1. The lowest BCUT2D eigenvalue weighted by atomic mass is 9.66. The van der Waals surface area contributed by atoms with Crippen LogP contribution in [0.4, 0.5) is 0 Å². The highest BCUT2D eigenvalue weighted by molar-refractivity contribution is 5.95. The van der Waals surface area contributed by atoms with Crippen molar-refractivity contribution in [2.45, 2.75) is 190 Å². The molecular formula is C42H74N2O5. The number of esters is 2. The molecule has 0 saturated carbocycles. The fourth-order valence-corrected chi connectivity index (χ4v) is 9.10. The van der Waals surface area contributed by atoms with Crippen LogP contribution in [0.25, 0.3) is 0 Å². The number of hydrogen-bond acceptors (Lipinski definition) is 7. The van der Waals surface area contributed by atoms with E-state index in [1.807, 2.05) is 0 Å². The van der Waals surface area contributed by atoms with Crippen LogP contribution in [0.5, 0.6) is 0 Å². The second-order valence-electron chi connectivity index (χ2n) is 20.4. The van der Waals surface area contributed by atoms with Crippen LogP contribution in [0.1, 0.15) is 155 Å². The van der Waals surface area contributed by atoms with Gasteiger partial charge in [-0.3, -0.25) is 19.4 Å². The summed E-state index contributed by atoms with van der Waals surface area (Å²) in [6.07, 6.45) is 7.43. The number of nitrogens with zero attached hydrogens (tertiary/aromatic N) is 2. The van der Waals surface area contributed by atoms with Crippen LogP contribution in [-0.2, 0) is 19.1 Å². The standard InChI is InChI=1S/C42H74N2O5/c1-18-19-20-30(27-21-31(37(2,3)4)34(45)32(22-27)38(5,6)7)33(35(46)48-28-23-39(8,9)43(16)40(10,11)24-28)36(47)49-29-25-41(12,13)44(17)42(14,15)26-29/h21,27-30,33,45H,18-20,22-26H2,1-17H3. The Kier molecular flexibility index (Phi) is 12.1. The molecule has 2 saturated heterocycles. The van der Waals surface area contributed by atoms with Crippen LogP contribution in [0, 0.1) is 28.6 Å². The smallest absolute Gasteiger partial charge is 0.320 e. The van der Waals surface area contributed by atoms with Gasteiger partial charge in [-0.1, -0.05) is 67.4 Å². The Bertz CT molecular complexity index is 1180. The summed E-state index contributed by atoms with van der Waals surface area (Å²) >= 11 is 0. The van der Waals surface area contributed by atoms with Crippen LogP contribution in [0.15, 0.2) is 23.0 Å². The Morgan fingerprint density at radius 1 is 0.776 bits per heavy atom. The van der Waals surface area contributed by atoms with Gasteiger partial charge >= 0.3 is 11.9 Å². The summed E-state index contributed by atoms with van der Waals surface area (Å²) in [6, 6.07) is 0. The van der Waals surface area contributed by atoms with Crippen molar-refractivity contribution in [3.8, 4) is 0 Å². The minimum Gasteiger partial charge on any atom is -0.508 e. The van der Waals surface area contributed by atoms with Gasteiger partial charge in [0.1, 0.15) is 18.0 Å². The maximum atomic E-state index is 14.7. The number of carbonyl (C=O) groups excluding carboxylic acids is 2. The molecule has 0 spiro atoms. The van der Waals surface area contributed by atoms with Gasteiger partial charge in [-0.2, -0.15) is 0 Å². The summed E-state index contributed by atoms with van der Waals surface area (Å²) in [5, 5.41) is 11.6. The molecule has 3 aliphatic rings. The minimum absolute atomic E-state index is 0.133. The molecule has 2 fully saturated rings. The molecule has 282 valence electrons. The largest absolute Gasteiger partial charge is 0.508 e. The van der Waals surface area contributed by atoms with E-state index >= 15 is 0 Å². The maximum absolute atomic E-state index is 14.7. The number of carbonyl (C=O) groups is 2. The molecule has 0 aromatic carbocycles. The van der Waals surface area contributed by atoms with E-state index < -0.39 is 17.9 Å². The van der Waals surface area contributed by atoms with Gasteiger partial charge in [0, 0.05) is 47.8 Å². The average Bonchev–Trinajstić information content (AvgIpc) is 2.90. The number of allylic oxidation sites excluding steroid dienone is 3. The van der Waals surface area contributed by atoms with Crippen molar-refractivity contribution >= 4 is 11.9 Å². The number of aliphatic hydroxyl groups is 1. The third kappa shape index (κ3) is 9.33. The van der Waals surface area contributed by atoms with Crippen molar-refractivity contribution < 1.29 is 24.2 Å². The molecule has 7 heteroatoms. The normalized spacial score (nSPS) is 26.0. The second-order valence-corrected chi connectivity index (χ2v) is 20.4. The van der Waals surface area contributed by atoms with Gasteiger partial charge in [-0.15, -0.1) is 0 Å². The third-order valence-corrected chi connectivity index (χ3v) is 12.6. The first-order chi connectivity index (χ1) is 22.0. The van der Waals surface area contributed by atoms with Gasteiger partial charge < -0.3 is 14.6 Å². The van der Waals surface area contributed by atoms with E-state index in [4.69, 9.17) is 9.47 Å². The van der Waals surface area contributed by atoms with Crippen LogP contribution in [-0.4, -0.2) is 75.3 Å². The zero-order valence-corrected chi connectivity index (χ0v) is 34.6. The third-order valence-electron chi connectivity index (χ3n) is 12.6. The number of likely N-dealkylation sites (tertiary alicyclic amines) is 2. The van der Waals surface area contributed by atoms with E-state index in [0.29, 0.717) is 44.3 Å². The zero-order valence-electron chi connectivity index (χ0n) is 34.6. The van der Waals surface area contributed by atoms with Crippen molar-refractivity contribution in [3.63, 3.8) is 0 Å². The number of piperidine rings is 2. The molecule has 1 aliphatic carbocycles. The highest BCUT2D eigenvalue weighted by Gasteiger charge is 2.50. The lowest BCUT2D eigenvalue weighted by Crippen LogP contribution is -2.61. The molecule has 3 rings (SSSR count). The maximum Gasteiger partial charge on any atom is 0.320 e. The highest BCUT2D eigenvalue weighted by Crippen LogP contribution is 2.48. The second kappa shape index (κ2) is 14.3. The number of rotatable bonds is 9. The Morgan fingerprint density at radius 3 is 1.49 bits per heavy atom. The SMILES string of the molecule is CCCCC(C1C=C(C(C)(C)C)C(O)=C(C(C)(C)C)C1)C(C(=O)OC1CC(C)(C)N(C)C(C)(C)C1)C(=O)OC1CC(C)(C)N(C)C(C)(C)C1. The first kappa shape index (κ1) is 41.6. The lowest BCUT2D eigenvalue weighted by Gasteiger charge is -2.53. The lowest BCUT2D eigenvalue weighted by molar-refractivity contribution is -0.181. The highest BCUT2D eigenvalue weighted by atomic mass is 16.6. The minimum atomic E-state index is -1.06. The van der Waals surface area contributed by atoms with E-state index in [0.717, 1.165) is 24.0 Å². The summed E-state index contributed by atoms with van der Waals surface area (Å²) in [5.41, 5.74) is 0.566. The van der Waals surface area contributed by atoms with Gasteiger partial charge in [0.15, 0.2) is 5.92 Å². The predicted octanol–water partition coefficient (Wildman–Crippen LogP) is 9.65. The fraction of sp³-hybridized carbons (Fsp3) is 0.857. The Labute approximate surface area is 300 Å². The number of unbranched alkanes of at least 4 members (excludes halogenated alkanes) is 1. The van der Waals surface area contributed by atoms with E-state index in [1.54, 1.807) is 0 Å². The summed E-state index contributed by atoms with van der Waals surface area (Å²) in [6.45, 7) is 32.5. The van der Waals surface area contributed by atoms with E-state index in [1.165, 1.54) is 0 Å². The molecule has 2 heterocycles. The molecular weight excluding hydrogens is 612 g/mol. The molecule has 0 aromatic rings. The molecule has 0 aromatic heterocycles. The first-order valence-corrected chi connectivity index (χ1v) is 19.1. The van der Waals surface area contributed by atoms with Crippen molar-refractivity contribution in [3.05, 3.63) is 23.0 Å². The monoisotopic (exact) mass is 687 g/mol. The predicted molar refractivity (Wildman–Crippen MR) is 201 cm³/mol. The number of hydrogen-bond donors (Lipinski definition) is 1. The molecule has 0 bridgehead atoms. The Morgan fingerprint density at radius 2 is 1.16 bits per heavy atom. The molecule has 0 radical (unpaired) electrons. The Balaban J connectivity index is 2.12. The molecule has 2 unspecified atom stereocenters. The van der Waals surface area contributed by atoms with Gasteiger partial charge in [-0.05, 0) is 116 Å². The van der Waals surface area contributed by atoms with Crippen molar-refractivity contribution in [1.82, 2.24) is 9.80 Å². The van der Waals surface area contributed by atoms with Crippen LogP contribution < -0.4 is 0 Å². The molecule has 49 heavy (non-hydrogen) atoms. The quantitative estimate of drug-likeness (QED) is 0.191. The Hall–Kier alpha value is -1.86. The van der Waals surface area contributed by atoms with Crippen molar-refractivity contribution in [1.29, 1.82) is 0 Å². The van der Waals surface area contributed by atoms with Crippen LogP contribution in [0.3, 0.4) is 0 Å². The van der Waals surface area contributed by atoms with Gasteiger partial charge in [0.2, 0.25) is 0 Å². The molecule has 2 atom stereocenters. The van der Waals surface area contributed by atoms with E-state index in [2.05, 4.69) is 134 Å². The topological polar surface area (TPSA) is 79.3 Å². The molecule has 7 nitrogen and oxygen atoms in total. The average molecular weight is 687 g/mol. The summed E-state index contributed by atoms with van der Waals surface area (Å²) in [7, 11) is 4.28. The van der Waals surface area contributed by atoms with Gasteiger partial charge in [-0.25, -0.2) is 0 Å². The van der Waals surface area contributed by atoms with Crippen molar-refractivity contribution in [2.75, 3.05) is 14.1 Å². The fourth-order valence-electron chi connectivity index (χ4n) is 9.10. The van der Waals surface area contributed by atoms with Gasteiger partial charge in [0.05, 0.1) is 0 Å². The molecule has 2 aliphatic heterocycles. The zero-order chi connectivity index (χ0) is 37.7. The summed E-state index contributed by atoms with van der Waals surface area (Å²) in [5.74, 6) is -2.08. The van der Waals surface area contributed by atoms with Crippen LogP contribution >= 0.6 is 0 Å². The van der Waals surface area contributed by atoms with E-state index in [-0.39, 0.29) is 57.0 Å². The number of aliphatic hydroxyl groups excluding tert-OH is 1. The summed E-state index contributed by atoms with van der Waals surface area (Å²) < 4.78 is 13.0. The van der Waals surface area contributed by atoms with E-state index in [9.17, 15) is 14.7 Å². The molecule has 1 N–H and O–H groups in total. The summed E-state index contributed by atoms with van der Waals surface area (Å²) in [4.78, 5) is 34.2. The van der Waals surface area contributed by atoms with Crippen LogP contribution in [0.2, 0.25) is 0 Å². The molecule has 0 amide bonds. The van der Waals surface area contributed by atoms with Gasteiger partial charge in [0.25, 0.3) is 0 Å². The van der Waals surface area contributed by atoms with Crippen molar-refractivity contribution in [2.24, 2.45) is 28.6 Å². The number of ether oxygens (including phenoxy) is 2.